The third-order valence-corrected chi connectivity index (χ3v) is 3.00. The van der Waals surface area contributed by atoms with Crippen LogP contribution in [0.3, 0.4) is 0 Å². The van der Waals surface area contributed by atoms with E-state index >= 15 is 0 Å². The van der Waals surface area contributed by atoms with Crippen molar-refractivity contribution in [2.45, 2.75) is 19.3 Å². The highest BCUT2D eigenvalue weighted by Gasteiger charge is 2.23. The standard InChI is InChI=1S/C12H17N3O/c1-15(7-5-9-2-3-9)12(16)10-8-14-6-4-11(10)13/h4,6,8-9H,2-3,5,7H2,1H3,(H2,13,14). The van der Waals surface area contributed by atoms with Gasteiger partial charge in [0.2, 0.25) is 0 Å². The second-order valence-electron chi connectivity index (χ2n) is 4.42. The largest absolute Gasteiger partial charge is 0.398 e. The smallest absolute Gasteiger partial charge is 0.257 e. The molecule has 2 rings (SSSR count). The number of hydrogen-bond donors (Lipinski definition) is 1. The first-order chi connectivity index (χ1) is 7.68. The zero-order valence-electron chi connectivity index (χ0n) is 9.52. The van der Waals surface area contributed by atoms with Crippen molar-refractivity contribution < 1.29 is 4.79 Å². The monoisotopic (exact) mass is 219 g/mol. The Morgan fingerprint density at radius 3 is 3.00 bits per heavy atom. The van der Waals surface area contributed by atoms with Gasteiger partial charge in [-0.15, -0.1) is 0 Å². The minimum Gasteiger partial charge on any atom is -0.398 e. The first-order valence-corrected chi connectivity index (χ1v) is 5.63. The maximum absolute atomic E-state index is 12.0. The van der Waals surface area contributed by atoms with E-state index in [9.17, 15) is 4.79 Å². The predicted octanol–water partition coefficient (Wildman–Crippen LogP) is 1.54. The van der Waals surface area contributed by atoms with Crippen molar-refractivity contribution in [1.82, 2.24) is 9.88 Å². The lowest BCUT2D eigenvalue weighted by atomic mass is 10.2. The van der Waals surface area contributed by atoms with Crippen LogP contribution in [0.1, 0.15) is 29.6 Å². The van der Waals surface area contributed by atoms with Crippen LogP contribution in [0.25, 0.3) is 0 Å². The molecule has 0 bridgehead atoms. The van der Waals surface area contributed by atoms with E-state index in [1.54, 1.807) is 17.2 Å². The lowest BCUT2D eigenvalue weighted by Gasteiger charge is -2.17. The molecule has 1 aromatic heterocycles. The van der Waals surface area contributed by atoms with Gasteiger partial charge in [-0.2, -0.15) is 0 Å². The number of rotatable bonds is 4. The van der Waals surface area contributed by atoms with Crippen LogP contribution in [-0.4, -0.2) is 29.4 Å². The zero-order chi connectivity index (χ0) is 11.5. The summed E-state index contributed by atoms with van der Waals surface area (Å²) in [5.74, 6) is 0.799. The molecule has 16 heavy (non-hydrogen) atoms. The van der Waals surface area contributed by atoms with E-state index in [-0.39, 0.29) is 5.91 Å². The fraction of sp³-hybridized carbons (Fsp3) is 0.500. The van der Waals surface area contributed by atoms with Gasteiger partial charge in [0.25, 0.3) is 5.91 Å². The molecule has 1 fully saturated rings. The summed E-state index contributed by atoms with van der Waals surface area (Å²) in [6, 6.07) is 1.65. The molecule has 1 aliphatic rings. The first-order valence-electron chi connectivity index (χ1n) is 5.63. The molecular formula is C12H17N3O. The second kappa shape index (κ2) is 4.51. The molecule has 0 atom stereocenters. The van der Waals surface area contributed by atoms with Crippen molar-refractivity contribution in [3.05, 3.63) is 24.0 Å². The fourth-order valence-corrected chi connectivity index (χ4v) is 1.67. The Hall–Kier alpha value is -1.58. The molecule has 1 heterocycles. The summed E-state index contributed by atoms with van der Waals surface area (Å²) in [6.45, 7) is 0.803. The molecule has 0 radical (unpaired) electrons. The fourth-order valence-electron chi connectivity index (χ4n) is 1.67. The Kier molecular flexibility index (Phi) is 3.08. The number of carbonyl (C=O) groups excluding carboxylic acids is 1. The van der Waals surface area contributed by atoms with Gasteiger partial charge in [0.05, 0.1) is 5.56 Å². The number of nitrogens with two attached hydrogens (primary N) is 1. The molecule has 1 amide bonds. The molecule has 0 unspecified atom stereocenters. The average molecular weight is 219 g/mol. The number of anilines is 1. The van der Waals surface area contributed by atoms with E-state index in [1.165, 1.54) is 19.0 Å². The summed E-state index contributed by atoms with van der Waals surface area (Å²) in [7, 11) is 1.82. The van der Waals surface area contributed by atoms with Gasteiger partial charge >= 0.3 is 0 Å². The van der Waals surface area contributed by atoms with E-state index in [1.807, 2.05) is 7.05 Å². The molecule has 0 saturated heterocycles. The Morgan fingerprint density at radius 2 is 2.38 bits per heavy atom. The highest BCUT2D eigenvalue weighted by Crippen LogP contribution is 2.32. The van der Waals surface area contributed by atoms with Gasteiger partial charge in [0, 0.05) is 31.7 Å². The van der Waals surface area contributed by atoms with Crippen molar-refractivity contribution in [3.8, 4) is 0 Å². The average Bonchev–Trinajstić information content (AvgIpc) is 3.09. The molecule has 4 nitrogen and oxygen atoms in total. The molecule has 1 saturated carbocycles. The lowest BCUT2D eigenvalue weighted by molar-refractivity contribution is 0.0792. The normalized spacial score (nSPS) is 14.8. The van der Waals surface area contributed by atoms with Crippen LogP contribution in [0.15, 0.2) is 18.5 Å². The Balaban J connectivity index is 1.97. The Bertz CT molecular complexity index is 388. The third-order valence-electron chi connectivity index (χ3n) is 3.00. The van der Waals surface area contributed by atoms with Crippen molar-refractivity contribution >= 4 is 11.6 Å². The van der Waals surface area contributed by atoms with Crippen LogP contribution in [0, 0.1) is 5.92 Å². The minimum atomic E-state index is -0.0359. The number of carbonyl (C=O) groups is 1. The number of hydrogen-bond acceptors (Lipinski definition) is 3. The second-order valence-corrected chi connectivity index (χ2v) is 4.42. The molecule has 2 N–H and O–H groups in total. The SMILES string of the molecule is CN(CCC1CC1)C(=O)c1cnccc1N. The summed E-state index contributed by atoms with van der Waals surface area (Å²) < 4.78 is 0. The Morgan fingerprint density at radius 1 is 1.62 bits per heavy atom. The van der Waals surface area contributed by atoms with Gasteiger partial charge in [-0.3, -0.25) is 9.78 Å². The van der Waals surface area contributed by atoms with E-state index in [0.29, 0.717) is 11.3 Å². The van der Waals surface area contributed by atoms with Crippen LogP contribution in [-0.2, 0) is 0 Å². The maximum atomic E-state index is 12.0. The van der Waals surface area contributed by atoms with Crippen molar-refractivity contribution in [2.75, 3.05) is 19.3 Å². The number of nitrogens with zero attached hydrogens (tertiary/aromatic N) is 2. The van der Waals surface area contributed by atoms with Crippen molar-refractivity contribution in [3.63, 3.8) is 0 Å². The van der Waals surface area contributed by atoms with E-state index < -0.39 is 0 Å². The van der Waals surface area contributed by atoms with Gasteiger partial charge in [0.15, 0.2) is 0 Å². The number of aromatic nitrogens is 1. The summed E-state index contributed by atoms with van der Waals surface area (Å²) in [5, 5.41) is 0. The molecule has 0 aliphatic heterocycles. The topological polar surface area (TPSA) is 59.2 Å². The van der Waals surface area contributed by atoms with E-state index in [0.717, 1.165) is 18.9 Å². The van der Waals surface area contributed by atoms with Crippen molar-refractivity contribution in [1.29, 1.82) is 0 Å². The van der Waals surface area contributed by atoms with Crippen molar-refractivity contribution in [2.24, 2.45) is 5.92 Å². The first kappa shape index (κ1) is 10.9. The Labute approximate surface area is 95.5 Å². The summed E-state index contributed by atoms with van der Waals surface area (Å²) >= 11 is 0. The van der Waals surface area contributed by atoms with Gasteiger partial charge in [0.1, 0.15) is 0 Å². The molecular weight excluding hydrogens is 202 g/mol. The van der Waals surface area contributed by atoms with Gasteiger partial charge < -0.3 is 10.6 Å². The predicted molar refractivity (Wildman–Crippen MR) is 63.0 cm³/mol. The molecule has 1 aliphatic carbocycles. The van der Waals surface area contributed by atoms with E-state index in [4.69, 9.17) is 5.73 Å². The van der Waals surface area contributed by atoms with Crippen LogP contribution in [0.4, 0.5) is 5.69 Å². The molecule has 0 spiro atoms. The zero-order valence-corrected chi connectivity index (χ0v) is 9.52. The summed E-state index contributed by atoms with van der Waals surface area (Å²) in [6.07, 6.45) is 6.86. The minimum absolute atomic E-state index is 0.0359. The van der Waals surface area contributed by atoms with Crippen LogP contribution < -0.4 is 5.73 Å². The number of amides is 1. The van der Waals surface area contributed by atoms with Gasteiger partial charge in [-0.25, -0.2) is 0 Å². The van der Waals surface area contributed by atoms with Crippen LogP contribution >= 0.6 is 0 Å². The van der Waals surface area contributed by atoms with Gasteiger partial charge in [-0.1, -0.05) is 12.8 Å². The molecule has 1 aromatic rings. The molecule has 86 valence electrons. The molecule has 4 heteroatoms. The molecule has 0 aromatic carbocycles. The maximum Gasteiger partial charge on any atom is 0.257 e. The highest BCUT2D eigenvalue weighted by atomic mass is 16.2. The number of nitrogen functional groups attached to an aromatic ring is 1. The summed E-state index contributed by atoms with van der Waals surface area (Å²) in [5.41, 5.74) is 6.74. The summed E-state index contributed by atoms with van der Waals surface area (Å²) in [4.78, 5) is 17.7. The lowest BCUT2D eigenvalue weighted by Crippen LogP contribution is -2.28. The van der Waals surface area contributed by atoms with Crippen LogP contribution in [0.2, 0.25) is 0 Å². The third kappa shape index (κ3) is 2.51. The number of pyridine rings is 1. The van der Waals surface area contributed by atoms with E-state index in [2.05, 4.69) is 4.98 Å². The quantitative estimate of drug-likeness (QED) is 0.835. The highest BCUT2D eigenvalue weighted by molar-refractivity contribution is 5.98. The van der Waals surface area contributed by atoms with Gasteiger partial charge in [-0.05, 0) is 18.4 Å². The van der Waals surface area contributed by atoms with Crippen LogP contribution in [0.5, 0.6) is 0 Å².